The van der Waals surface area contributed by atoms with E-state index >= 15 is 0 Å². The summed E-state index contributed by atoms with van der Waals surface area (Å²) in [6, 6.07) is -0.393. The topological polar surface area (TPSA) is 68.6 Å². The van der Waals surface area contributed by atoms with Gasteiger partial charge < -0.3 is 14.2 Å². The van der Waals surface area contributed by atoms with Gasteiger partial charge in [-0.15, -0.1) is 0 Å². The minimum absolute atomic E-state index is 0.0639. The molecule has 172 valence electrons. The molecule has 6 nitrogen and oxygen atoms in total. The normalized spacial score (nSPS) is 18.4. The summed E-state index contributed by atoms with van der Waals surface area (Å²) in [5, 5.41) is 0. The van der Waals surface area contributed by atoms with Crippen LogP contribution in [0.1, 0.15) is 104 Å². The number of carbonyl (C=O) groups is 3. The Hall–Kier alpha value is -2.11. The zero-order valence-corrected chi connectivity index (χ0v) is 19.8. The van der Waals surface area contributed by atoms with E-state index in [1.807, 2.05) is 37.2 Å². The van der Waals surface area contributed by atoms with Gasteiger partial charge in [0.15, 0.2) is 5.78 Å². The standard InChI is InChI=1S/C25H38N2O4/c1-6-26-17(4)21(16(3)22(26)25(30)31-7-2)23(28)18(5)27(20-14-9-8-10-15-20)24(29)19-12-11-13-19/h18-20H,6-15H2,1-5H3. The van der Waals surface area contributed by atoms with E-state index in [2.05, 4.69) is 0 Å². The van der Waals surface area contributed by atoms with Gasteiger partial charge in [0, 0.05) is 29.8 Å². The molecule has 1 aromatic heterocycles. The van der Waals surface area contributed by atoms with Crippen LogP contribution in [-0.2, 0) is 16.1 Å². The van der Waals surface area contributed by atoms with Crippen LogP contribution in [0.15, 0.2) is 0 Å². The maximum absolute atomic E-state index is 13.8. The smallest absolute Gasteiger partial charge is 0.355 e. The van der Waals surface area contributed by atoms with Gasteiger partial charge in [0.2, 0.25) is 5.91 Å². The average molecular weight is 431 g/mol. The predicted molar refractivity (Wildman–Crippen MR) is 120 cm³/mol. The fourth-order valence-corrected chi connectivity index (χ4v) is 5.36. The Balaban J connectivity index is 1.97. The number of amides is 1. The maximum Gasteiger partial charge on any atom is 0.355 e. The summed E-state index contributed by atoms with van der Waals surface area (Å²) >= 11 is 0. The van der Waals surface area contributed by atoms with Gasteiger partial charge in [0.25, 0.3) is 0 Å². The molecule has 0 aromatic carbocycles. The molecule has 6 heteroatoms. The molecule has 0 bridgehead atoms. The predicted octanol–water partition coefficient (Wildman–Crippen LogP) is 4.83. The summed E-state index contributed by atoms with van der Waals surface area (Å²) in [5.74, 6) is -0.248. The van der Waals surface area contributed by atoms with Gasteiger partial charge in [-0.25, -0.2) is 4.79 Å². The van der Waals surface area contributed by atoms with Gasteiger partial charge in [-0.2, -0.15) is 0 Å². The zero-order chi connectivity index (χ0) is 22.7. The van der Waals surface area contributed by atoms with E-state index in [9.17, 15) is 14.4 Å². The molecule has 0 aliphatic heterocycles. The quantitative estimate of drug-likeness (QED) is 0.437. The molecular weight excluding hydrogens is 392 g/mol. The highest BCUT2D eigenvalue weighted by molar-refractivity contribution is 6.06. The number of esters is 1. The fraction of sp³-hybridized carbons (Fsp3) is 0.720. The summed E-state index contributed by atoms with van der Waals surface area (Å²) in [6.07, 6.45) is 8.31. The molecule has 1 heterocycles. The maximum atomic E-state index is 13.8. The van der Waals surface area contributed by atoms with Crippen molar-refractivity contribution in [3.63, 3.8) is 0 Å². The second-order valence-corrected chi connectivity index (χ2v) is 9.10. The molecule has 2 saturated carbocycles. The monoisotopic (exact) mass is 430 g/mol. The van der Waals surface area contributed by atoms with Crippen LogP contribution in [0.5, 0.6) is 0 Å². The molecular formula is C25H38N2O4. The first-order chi connectivity index (χ1) is 14.8. The van der Waals surface area contributed by atoms with Crippen molar-refractivity contribution in [2.75, 3.05) is 6.61 Å². The van der Waals surface area contributed by atoms with E-state index in [0.29, 0.717) is 23.4 Å². The Morgan fingerprint density at radius 2 is 1.68 bits per heavy atom. The van der Waals surface area contributed by atoms with Gasteiger partial charge >= 0.3 is 5.97 Å². The van der Waals surface area contributed by atoms with Crippen LogP contribution in [-0.4, -0.2) is 45.8 Å². The van der Waals surface area contributed by atoms with Crippen LogP contribution in [0.2, 0.25) is 0 Å². The Kier molecular flexibility index (Phi) is 7.60. The van der Waals surface area contributed by atoms with Crippen molar-refractivity contribution < 1.29 is 19.1 Å². The molecule has 3 rings (SSSR count). The first kappa shape index (κ1) is 23.6. The second kappa shape index (κ2) is 10.0. The summed E-state index contributed by atoms with van der Waals surface area (Å²) < 4.78 is 7.13. The Morgan fingerprint density at radius 3 is 2.19 bits per heavy atom. The molecule has 2 aliphatic rings. The molecule has 31 heavy (non-hydrogen) atoms. The number of rotatable bonds is 8. The number of aromatic nitrogens is 1. The van der Waals surface area contributed by atoms with E-state index in [-0.39, 0.29) is 30.3 Å². The number of ketones is 1. The van der Waals surface area contributed by atoms with E-state index in [4.69, 9.17) is 4.74 Å². The van der Waals surface area contributed by atoms with Gasteiger partial charge in [-0.1, -0.05) is 25.7 Å². The number of carbonyl (C=O) groups excluding carboxylic acids is 3. The zero-order valence-electron chi connectivity index (χ0n) is 19.8. The van der Waals surface area contributed by atoms with Crippen LogP contribution in [0.3, 0.4) is 0 Å². The lowest BCUT2D eigenvalue weighted by Crippen LogP contribution is -2.53. The number of Topliss-reactive ketones (excluding diaryl/α,β-unsaturated/α-hetero) is 1. The number of hydrogen-bond acceptors (Lipinski definition) is 4. The van der Waals surface area contributed by atoms with E-state index in [1.54, 1.807) is 6.92 Å². The molecule has 2 aliphatic carbocycles. The highest BCUT2D eigenvalue weighted by Gasteiger charge is 2.40. The number of nitrogens with zero attached hydrogens (tertiary/aromatic N) is 2. The SMILES string of the molecule is CCOC(=O)c1c(C)c(C(=O)C(C)N(C(=O)C2CCC2)C2CCCCC2)c(C)n1CC. The van der Waals surface area contributed by atoms with Crippen molar-refractivity contribution in [1.82, 2.24) is 9.47 Å². The molecule has 2 fully saturated rings. The molecule has 0 N–H and O–H groups in total. The summed E-state index contributed by atoms with van der Waals surface area (Å²) in [7, 11) is 0. The molecule has 0 saturated heterocycles. The van der Waals surface area contributed by atoms with Crippen molar-refractivity contribution in [3.8, 4) is 0 Å². The lowest BCUT2D eigenvalue weighted by atomic mass is 9.82. The third-order valence-corrected chi connectivity index (χ3v) is 7.27. The average Bonchev–Trinajstić information content (AvgIpc) is 2.96. The third-order valence-electron chi connectivity index (χ3n) is 7.27. The lowest BCUT2D eigenvalue weighted by Gasteiger charge is -2.41. The van der Waals surface area contributed by atoms with Gasteiger partial charge in [-0.05, 0) is 65.9 Å². The lowest BCUT2D eigenvalue weighted by molar-refractivity contribution is -0.142. The van der Waals surface area contributed by atoms with Crippen molar-refractivity contribution in [2.45, 2.75) is 105 Å². The van der Waals surface area contributed by atoms with Crippen molar-refractivity contribution in [2.24, 2.45) is 5.92 Å². The largest absolute Gasteiger partial charge is 0.461 e. The molecule has 1 amide bonds. The van der Waals surface area contributed by atoms with Crippen LogP contribution < -0.4 is 0 Å². The summed E-state index contributed by atoms with van der Waals surface area (Å²) in [6.45, 7) is 10.2. The van der Waals surface area contributed by atoms with Gasteiger partial charge in [-0.3, -0.25) is 9.59 Å². The van der Waals surface area contributed by atoms with Crippen molar-refractivity contribution in [3.05, 3.63) is 22.5 Å². The van der Waals surface area contributed by atoms with Gasteiger partial charge in [0.1, 0.15) is 5.69 Å². The molecule has 0 spiro atoms. The van der Waals surface area contributed by atoms with E-state index < -0.39 is 12.0 Å². The number of hydrogen-bond donors (Lipinski definition) is 0. The minimum Gasteiger partial charge on any atom is -0.461 e. The Bertz CT molecular complexity index is 831. The van der Waals surface area contributed by atoms with Crippen LogP contribution >= 0.6 is 0 Å². The van der Waals surface area contributed by atoms with Crippen molar-refractivity contribution in [1.29, 1.82) is 0 Å². The fourth-order valence-electron chi connectivity index (χ4n) is 5.36. The first-order valence-corrected chi connectivity index (χ1v) is 12.1. The molecule has 0 radical (unpaired) electrons. The molecule has 1 atom stereocenters. The van der Waals surface area contributed by atoms with Crippen molar-refractivity contribution >= 4 is 17.7 Å². The van der Waals surface area contributed by atoms with Crippen LogP contribution in [0, 0.1) is 19.8 Å². The molecule has 1 unspecified atom stereocenters. The summed E-state index contributed by atoms with van der Waals surface area (Å²) in [4.78, 5) is 41.7. The number of ether oxygens (including phenoxy) is 1. The van der Waals surface area contributed by atoms with E-state index in [1.165, 1.54) is 6.42 Å². The Morgan fingerprint density at radius 1 is 1.03 bits per heavy atom. The third kappa shape index (κ3) is 4.44. The first-order valence-electron chi connectivity index (χ1n) is 12.1. The second-order valence-electron chi connectivity index (χ2n) is 9.10. The van der Waals surface area contributed by atoms with Crippen LogP contribution in [0.4, 0.5) is 0 Å². The van der Waals surface area contributed by atoms with Crippen LogP contribution in [0.25, 0.3) is 0 Å². The molecule has 1 aromatic rings. The highest BCUT2D eigenvalue weighted by Crippen LogP contribution is 2.34. The minimum atomic E-state index is -0.531. The Labute approximate surface area is 186 Å². The summed E-state index contributed by atoms with van der Waals surface area (Å²) in [5.41, 5.74) is 2.46. The van der Waals surface area contributed by atoms with Gasteiger partial charge in [0.05, 0.1) is 12.6 Å². The van der Waals surface area contributed by atoms with E-state index in [0.717, 1.165) is 50.6 Å². The highest BCUT2D eigenvalue weighted by atomic mass is 16.5.